The predicted octanol–water partition coefficient (Wildman–Crippen LogP) is 0.841. The van der Waals surface area contributed by atoms with Gasteiger partial charge in [0.05, 0.1) is 0 Å². The topological polar surface area (TPSA) is 30.5 Å². The number of rotatable bonds is 8. The van der Waals surface area contributed by atoms with Crippen LogP contribution in [-0.4, -0.2) is 79.8 Å². The van der Waals surface area contributed by atoms with Crippen LogP contribution in [0.3, 0.4) is 0 Å². The standard InChI is InChI=1S/C13H28N4S2/c1-16-8-10-17(11-9-16)7-3-5-14-13(18)15-6-4-12-19-2/h3-12H2,1-2H3,(H2,14,15,18). The lowest BCUT2D eigenvalue weighted by Gasteiger charge is -2.32. The summed E-state index contributed by atoms with van der Waals surface area (Å²) in [6.45, 7) is 7.93. The number of likely N-dealkylation sites (N-methyl/N-ethyl adjacent to an activating group) is 1. The average Bonchev–Trinajstić information content (AvgIpc) is 2.42. The van der Waals surface area contributed by atoms with Gasteiger partial charge in [0.1, 0.15) is 0 Å². The van der Waals surface area contributed by atoms with E-state index in [1.165, 1.54) is 44.9 Å². The smallest absolute Gasteiger partial charge is 0.166 e. The molecule has 2 N–H and O–H groups in total. The van der Waals surface area contributed by atoms with E-state index in [-0.39, 0.29) is 0 Å². The zero-order valence-corrected chi connectivity index (χ0v) is 13.9. The van der Waals surface area contributed by atoms with E-state index < -0.39 is 0 Å². The lowest BCUT2D eigenvalue weighted by molar-refractivity contribution is 0.153. The molecular weight excluding hydrogens is 276 g/mol. The maximum atomic E-state index is 5.24. The van der Waals surface area contributed by atoms with Crippen molar-refractivity contribution in [2.75, 3.05) is 64.9 Å². The molecule has 1 aliphatic rings. The quantitative estimate of drug-likeness (QED) is 0.510. The van der Waals surface area contributed by atoms with Gasteiger partial charge in [-0.3, -0.25) is 0 Å². The highest BCUT2D eigenvalue weighted by Crippen LogP contribution is 1.99. The van der Waals surface area contributed by atoms with Crippen molar-refractivity contribution in [1.82, 2.24) is 20.4 Å². The van der Waals surface area contributed by atoms with Crippen molar-refractivity contribution in [3.8, 4) is 0 Å². The van der Waals surface area contributed by atoms with Crippen LogP contribution in [-0.2, 0) is 0 Å². The summed E-state index contributed by atoms with van der Waals surface area (Å²) >= 11 is 7.12. The maximum absolute atomic E-state index is 5.24. The molecule has 1 saturated heterocycles. The first-order chi connectivity index (χ1) is 9.22. The number of hydrogen-bond acceptors (Lipinski definition) is 4. The molecule has 0 amide bonds. The van der Waals surface area contributed by atoms with Gasteiger partial charge in [-0.05, 0) is 50.7 Å². The van der Waals surface area contributed by atoms with Crippen LogP contribution in [0.25, 0.3) is 0 Å². The zero-order valence-electron chi connectivity index (χ0n) is 12.3. The summed E-state index contributed by atoms with van der Waals surface area (Å²) in [5.74, 6) is 1.19. The van der Waals surface area contributed by atoms with Crippen molar-refractivity contribution < 1.29 is 0 Å². The normalized spacial score (nSPS) is 17.4. The molecule has 6 heteroatoms. The van der Waals surface area contributed by atoms with E-state index in [1.807, 2.05) is 11.8 Å². The van der Waals surface area contributed by atoms with Gasteiger partial charge in [0.25, 0.3) is 0 Å². The van der Waals surface area contributed by atoms with E-state index in [0.717, 1.165) is 24.6 Å². The molecule has 19 heavy (non-hydrogen) atoms. The molecule has 0 aromatic heterocycles. The molecule has 1 fully saturated rings. The van der Waals surface area contributed by atoms with Crippen molar-refractivity contribution in [2.45, 2.75) is 12.8 Å². The van der Waals surface area contributed by atoms with Gasteiger partial charge in [-0.15, -0.1) is 0 Å². The summed E-state index contributed by atoms with van der Waals surface area (Å²) in [6, 6.07) is 0. The molecule has 1 aliphatic heterocycles. The highest BCUT2D eigenvalue weighted by molar-refractivity contribution is 7.98. The fraction of sp³-hybridized carbons (Fsp3) is 0.923. The van der Waals surface area contributed by atoms with E-state index in [9.17, 15) is 0 Å². The lowest BCUT2D eigenvalue weighted by Crippen LogP contribution is -2.45. The van der Waals surface area contributed by atoms with Crippen molar-refractivity contribution in [2.24, 2.45) is 0 Å². The van der Waals surface area contributed by atoms with Crippen molar-refractivity contribution in [1.29, 1.82) is 0 Å². The summed E-state index contributed by atoms with van der Waals surface area (Å²) < 4.78 is 0. The van der Waals surface area contributed by atoms with Crippen LogP contribution in [0.2, 0.25) is 0 Å². The van der Waals surface area contributed by atoms with Crippen LogP contribution in [0, 0.1) is 0 Å². The number of nitrogens with one attached hydrogen (secondary N) is 2. The Morgan fingerprint density at radius 2 is 1.74 bits per heavy atom. The first-order valence-corrected chi connectivity index (χ1v) is 8.94. The van der Waals surface area contributed by atoms with Crippen LogP contribution in [0.1, 0.15) is 12.8 Å². The van der Waals surface area contributed by atoms with Gasteiger partial charge < -0.3 is 20.4 Å². The highest BCUT2D eigenvalue weighted by atomic mass is 32.2. The number of piperazine rings is 1. The summed E-state index contributed by atoms with van der Waals surface area (Å²) in [6.07, 6.45) is 4.47. The summed E-state index contributed by atoms with van der Waals surface area (Å²) in [4.78, 5) is 4.93. The van der Waals surface area contributed by atoms with Crippen molar-refractivity contribution in [3.05, 3.63) is 0 Å². The molecule has 0 unspecified atom stereocenters. The van der Waals surface area contributed by atoms with Crippen LogP contribution in [0.5, 0.6) is 0 Å². The maximum Gasteiger partial charge on any atom is 0.166 e. The first-order valence-electron chi connectivity index (χ1n) is 7.14. The fourth-order valence-electron chi connectivity index (χ4n) is 2.06. The monoisotopic (exact) mass is 304 g/mol. The van der Waals surface area contributed by atoms with Crippen molar-refractivity contribution in [3.63, 3.8) is 0 Å². The van der Waals surface area contributed by atoms with Gasteiger partial charge >= 0.3 is 0 Å². The van der Waals surface area contributed by atoms with Gasteiger partial charge in [-0.1, -0.05) is 0 Å². The molecule has 1 heterocycles. The van der Waals surface area contributed by atoms with Crippen molar-refractivity contribution >= 4 is 29.1 Å². The minimum Gasteiger partial charge on any atom is -0.363 e. The Morgan fingerprint density at radius 1 is 1.11 bits per heavy atom. The Kier molecular flexibility index (Phi) is 9.59. The third kappa shape index (κ3) is 8.68. The molecule has 0 atom stereocenters. The summed E-state index contributed by atoms with van der Waals surface area (Å²) in [7, 11) is 2.19. The predicted molar refractivity (Wildman–Crippen MR) is 90.2 cm³/mol. The second kappa shape index (κ2) is 10.7. The van der Waals surface area contributed by atoms with Crippen LogP contribution >= 0.6 is 24.0 Å². The number of hydrogen-bond donors (Lipinski definition) is 2. The molecule has 0 spiro atoms. The molecule has 4 nitrogen and oxygen atoms in total. The summed E-state index contributed by atoms with van der Waals surface area (Å²) in [5, 5.41) is 7.34. The Morgan fingerprint density at radius 3 is 2.37 bits per heavy atom. The van der Waals surface area contributed by atoms with E-state index in [2.05, 4.69) is 33.7 Å². The third-order valence-electron chi connectivity index (χ3n) is 3.34. The molecule has 0 bridgehead atoms. The number of thioether (sulfide) groups is 1. The molecule has 0 saturated carbocycles. The average molecular weight is 305 g/mol. The molecular formula is C13H28N4S2. The van der Waals surface area contributed by atoms with E-state index >= 15 is 0 Å². The molecule has 112 valence electrons. The van der Waals surface area contributed by atoms with Gasteiger partial charge in [-0.25, -0.2) is 0 Å². The van der Waals surface area contributed by atoms with Gasteiger partial charge in [0.15, 0.2) is 5.11 Å². The van der Waals surface area contributed by atoms with E-state index in [0.29, 0.717) is 0 Å². The number of nitrogens with zero attached hydrogens (tertiary/aromatic N) is 2. The second-order valence-electron chi connectivity index (χ2n) is 5.03. The molecule has 1 rings (SSSR count). The minimum absolute atomic E-state index is 0.805. The largest absolute Gasteiger partial charge is 0.363 e. The second-order valence-corrected chi connectivity index (χ2v) is 6.42. The van der Waals surface area contributed by atoms with E-state index in [4.69, 9.17) is 12.2 Å². The highest BCUT2D eigenvalue weighted by Gasteiger charge is 2.12. The van der Waals surface area contributed by atoms with Crippen LogP contribution < -0.4 is 10.6 Å². The lowest BCUT2D eigenvalue weighted by atomic mass is 10.3. The van der Waals surface area contributed by atoms with Gasteiger partial charge in [0, 0.05) is 39.3 Å². The minimum atomic E-state index is 0.805. The Balaban J connectivity index is 1.91. The van der Waals surface area contributed by atoms with Crippen LogP contribution in [0.15, 0.2) is 0 Å². The molecule has 0 aliphatic carbocycles. The fourth-order valence-corrected chi connectivity index (χ4v) is 2.69. The third-order valence-corrected chi connectivity index (χ3v) is 4.33. The first kappa shape index (κ1) is 17.0. The zero-order chi connectivity index (χ0) is 13.9. The Labute approximate surface area is 127 Å². The van der Waals surface area contributed by atoms with E-state index in [1.54, 1.807) is 0 Å². The van der Waals surface area contributed by atoms with Gasteiger partial charge in [-0.2, -0.15) is 11.8 Å². The SMILES string of the molecule is CSCCCNC(=S)NCCCN1CCN(C)CC1. The number of thiocarbonyl (C=S) groups is 1. The van der Waals surface area contributed by atoms with Gasteiger partial charge in [0.2, 0.25) is 0 Å². The Hall–Kier alpha value is -0.0400. The molecule has 0 radical (unpaired) electrons. The molecule has 0 aromatic rings. The summed E-state index contributed by atoms with van der Waals surface area (Å²) in [5.41, 5.74) is 0. The molecule has 0 aromatic carbocycles. The Bertz CT molecular complexity index is 243. The van der Waals surface area contributed by atoms with Crippen LogP contribution in [0.4, 0.5) is 0 Å².